The topological polar surface area (TPSA) is 77.5 Å². The molecule has 7 heteroatoms. The maximum Gasteiger partial charge on any atom is 0.306 e. The Hall–Kier alpha value is -2.93. The first-order chi connectivity index (χ1) is 13.1. The Bertz CT molecular complexity index is 888. The van der Waals surface area contributed by atoms with Crippen LogP contribution in [0.2, 0.25) is 0 Å². The van der Waals surface area contributed by atoms with Crippen LogP contribution in [-0.2, 0) is 27.3 Å². The summed E-state index contributed by atoms with van der Waals surface area (Å²) in [5.41, 5.74) is 1.92. The molecule has 0 fully saturated rings. The van der Waals surface area contributed by atoms with Crippen LogP contribution in [0.15, 0.2) is 48.5 Å². The molecule has 27 heavy (non-hydrogen) atoms. The number of aromatic nitrogens is 1. The molecule has 0 aliphatic carbocycles. The first-order valence-corrected chi connectivity index (χ1v) is 9.35. The number of hydrogen-bond donors (Lipinski definition) is 1. The van der Waals surface area contributed by atoms with E-state index in [0.717, 1.165) is 26.5 Å². The van der Waals surface area contributed by atoms with Crippen LogP contribution in [0, 0.1) is 0 Å². The SMILES string of the molecule is COc1ccc(CCC(=O)OCC(=O)NCc2nc3ccccc3s2)cc1. The standard InChI is InChI=1S/C20H20N2O4S/c1-25-15-9-6-14(7-10-15)8-11-20(24)26-13-18(23)21-12-19-22-16-4-2-3-5-17(16)27-19/h2-7,9-10H,8,11-13H2,1H3,(H,21,23). The van der Waals surface area contributed by atoms with Crippen molar-refractivity contribution in [3.05, 3.63) is 59.1 Å². The van der Waals surface area contributed by atoms with Crippen LogP contribution in [0.25, 0.3) is 10.2 Å². The van der Waals surface area contributed by atoms with Crippen LogP contribution in [-0.4, -0.2) is 30.6 Å². The number of thiazole rings is 1. The van der Waals surface area contributed by atoms with Gasteiger partial charge in [-0.2, -0.15) is 0 Å². The van der Waals surface area contributed by atoms with Crippen LogP contribution < -0.4 is 10.1 Å². The molecule has 1 aromatic heterocycles. The molecule has 3 rings (SSSR count). The highest BCUT2D eigenvalue weighted by molar-refractivity contribution is 7.18. The summed E-state index contributed by atoms with van der Waals surface area (Å²) >= 11 is 1.53. The van der Waals surface area contributed by atoms with Gasteiger partial charge in [-0.05, 0) is 36.2 Å². The molecule has 6 nitrogen and oxygen atoms in total. The van der Waals surface area contributed by atoms with E-state index in [1.807, 2.05) is 48.5 Å². The summed E-state index contributed by atoms with van der Waals surface area (Å²) in [6.07, 6.45) is 0.771. The molecule has 140 valence electrons. The van der Waals surface area contributed by atoms with Crippen molar-refractivity contribution >= 4 is 33.4 Å². The number of nitrogens with zero attached hydrogens (tertiary/aromatic N) is 1. The fraction of sp³-hybridized carbons (Fsp3) is 0.250. The minimum atomic E-state index is -0.402. The lowest BCUT2D eigenvalue weighted by molar-refractivity contribution is -0.148. The highest BCUT2D eigenvalue weighted by Crippen LogP contribution is 2.21. The molecule has 1 amide bonds. The van der Waals surface area contributed by atoms with E-state index in [4.69, 9.17) is 9.47 Å². The fourth-order valence-electron chi connectivity index (χ4n) is 2.48. The number of fused-ring (bicyclic) bond motifs is 1. The van der Waals surface area contributed by atoms with Gasteiger partial charge in [0.25, 0.3) is 5.91 Å². The summed E-state index contributed by atoms with van der Waals surface area (Å²) < 4.78 is 11.2. The predicted molar refractivity (Wildman–Crippen MR) is 104 cm³/mol. The number of hydrogen-bond acceptors (Lipinski definition) is 6. The minimum absolute atomic E-state index is 0.220. The maximum atomic E-state index is 11.9. The van der Waals surface area contributed by atoms with Gasteiger partial charge in [0.2, 0.25) is 0 Å². The van der Waals surface area contributed by atoms with Crippen molar-refractivity contribution in [2.75, 3.05) is 13.7 Å². The summed E-state index contributed by atoms with van der Waals surface area (Å²) in [5, 5.41) is 3.53. The number of rotatable bonds is 8. The Balaban J connectivity index is 1.37. The molecule has 0 saturated carbocycles. The van der Waals surface area contributed by atoms with Gasteiger partial charge in [-0.25, -0.2) is 4.98 Å². The lowest BCUT2D eigenvalue weighted by Gasteiger charge is -2.06. The zero-order valence-electron chi connectivity index (χ0n) is 14.9. The first kappa shape index (κ1) is 18.8. The van der Waals surface area contributed by atoms with E-state index in [0.29, 0.717) is 13.0 Å². The molecule has 0 spiro atoms. The molecule has 0 atom stereocenters. The quantitative estimate of drug-likeness (QED) is 0.604. The average molecular weight is 384 g/mol. The van der Waals surface area contributed by atoms with Gasteiger partial charge in [0, 0.05) is 6.42 Å². The molecule has 0 radical (unpaired) electrons. The van der Waals surface area contributed by atoms with Crippen molar-refractivity contribution in [3.63, 3.8) is 0 Å². The van der Waals surface area contributed by atoms with Gasteiger partial charge in [0.15, 0.2) is 6.61 Å². The van der Waals surface area contributed by atoms with E-state index in [9.17, 15) is 9.59 Å². The molecule has 0 aliphatic rings. The number of esters is 1. The zero-order valence-corrected chi connectivity index (χ0v) is 15.8. The molecule has 2 aromatic carbocycles. The molecular weight excluding hydrogens is 364 g/mol. The van der Waals surface area contributed by atoms with E-state index >= 15 is 0 Å². The van der Waals surface area contributed by atoms with E-state index in [-0.39, 0.29) is 18.9 Å². The van der Waals surface area contributed by atoms with Gasteiger partial charge in [0.1, 0.15) is 10.8 Å². The second-order valence-corrected chi connectivity index (χ2v) is 6.98. The van der Waals surface area contributed by atoms with Crippen LogP contribution in [0.4, 0.5) is 0 Å². The maximum absolute atomic E-state index is 11.9. The number of amides is 1. The number of methoxy groups -OCH3 is 1. The Morgan fingerprint density at radius 2 is 1.89 bits per heavy atom. The van der Waals surface area contributed by atoms with Gasteiger partial charge in [-0.3, -0.25) is 9.59 Å². The molecule has 3 aromatic rings. The highest BCUT2D eigenvalue weighted by atomic mass is 32.1. The first-order valence-electron chi connectivity index (χ1n) is 8.54. The average Bonchev–Trinajstić information content (AvgIpc) is 3.12. The summed E-state index contributed by atoms with van der Waals surface area (Å²) in [6.45, 7) is 0.0356. The minimum Gasteiger partial charge on any atom is -0.497 e. The number of aryl methyl sites for hydroxylation is 1. The summed E-state index contributed by atoms with van der Waals surface area (Å²) in [7, 11) is 1.61. The third kappa shape index (κ3) is 5.52. The molecule has 1 N–H and O–H groups in total. The smallest absolute Gasteiger partial charge is 0.306 e. The third-order valence-electron chi connectivity index (χ3n) is 3.92. The van der Waals surface area contributed by atoms with Crippen molar-refractivity contribution in [1.29, 1.82) is 0 Å². The lowest BCUT2D eigenvalue weighted by Crippen LogP contribution is -2.28. The molecular formula is C20H20N2O4S. The van der Waals surface area contributed by atoms with Crippen molar-refractivity contribution < 1.29 is 19.1 Å². The normalized spacial score (nSPS) is 10.6. The number of carbonyl (C=O) groups excluding carboxylic acids is 2. The number of carbonyl (C=O) groups is 2. The van der Waals surface area contributed by atoms with Gasteiger partial charge < -0.3 is 14.8 Å². The second-order valence-electron chi connectivity index (χ2n) is 5.86. The van der Waals surface area contributed by atoms with Crippen molar-refractivity contribution in [2.45, 2.75) is 19.4 Å². The van der Waals surface area contributed by atoms with Crippen molar-refractivity contribution in [1.82, 2.24) is 10.3 Å². The third-order valence-corrected chi connectivity index (χ3v) is 4.95. The summed E-state index contributed by atoms with van der Waals surface area (Å²) in [6, 6.07) is 15.3. The van der Waals surface area contributed by atoms with Gasteiger partial charge in [-0.1, -0.05) is 24.3 Å². The van der Waals surface area contributed by atoms with E-state index in [2.05, 4.69) is 10.3 Å². The van der Waals surface area contributed by atoms with Crippen molar-refractivity contribution in [3.8, 4) is 5.75 Å². The van der Waals surface area contributed by atoms with Crippen molar-refractivity contribution in [2.24, 2.45) is 0 Å². The summed E-state index contributed by atoms with van der Waals surface area (Å²) in [5.74, 6) is 0.0270. The number of para-hydroxylation sites is 1. The Kier molecular flexibility index (Phi) is 6.38. The summed E-state index contributed by atoms with van der Waals surface area (Å²) in [4.78, 5) is 28.1. The monoisotopic (exact) mass is 384 g/mol. The molecule has 0 unspecified atom stereocenters. The highest BCUT2D eigenvalue weighted by Gasteiger charge is 2.09. The fourth-order valence-corrected chi connectivity index (χ4v) is 3.38. The molecule has 0 aliphatic heterocycles. The largest absolute Gasteiger partial charge is 0.497 e. The van der Waals surface area contributed by atoms with E-state index in [1.165, 1.54) is 11.3 Å². The molecule has 1 heterocycles. The Labute approximate surface area is 161 Å². The lowest BCUT2D eigenvalue weighted by atomic mass is 10.1. The predicted octanol–water partition coefficient (Wildman–Crippen LogP) is 3.10. The van der Waals surface area contributed by atoms with Gasteiger partial charge in [0.05, 0.1) is 23.9 Å². The zero-order chi connectivity index (χ0) is 19.1. The molecule has 0 bridgehead atoms. The van der Waals surface area contributed by atoms with Gasteiger partial charge >= 0.3 is 5.97 Å². The van der Waals surface area contributed by atoms with Gasteiger partial charge in [-0.15, -0.1) is 11.3 Å². The number of benzene rings is 2. The Morgan fingerprint density at radius 1 is 1.11 bits per heavy atom. The van der Waals surface area contributed by atoms with Crippen LogP contribution in [0.1, 0.15) is 17.0 Å². The van der Waals surface area contributed by atoms with E-state index in [1.54, 1.807) is 7.11 Å². The van der Waals surface area contributed by atoms with Crippen LogP contribution in [0.5, 0.6) is 5.75 Å². The second kappa shape index (κ2) is 9.14. The van der Waals surface area contributed by atoms with Crippen LogP contribution in [0.3, 0.4) is 0 Å². The molecule has 0 saturated heterocycles. The Morgan fingerprint density at radius 3 is 2.63 bits per heavy atom. The van der Waals surface area contributed by atoms with E-state index < -0.39 is 5.97 Å². The number of ether oxygens (including phenoxy) is 2. The number of nitrogens with one attached hydrogen (secondary N) is 1. The van der Waals surface area contributed by atoms with Crippen LogP contribution >= 0.6 is 11.3 Å².